The van der Waals surface area contributed by atoms with Crippen LogP contribution in [0.4, 0.5) is 0 Å². The molecule has 0 saturated heterocycles. The van der Waals surface area contributed by atoms with Crippen molar-refractivity contribution in [3.8, 4) is 16.9 Å². The molecule has 2 aromatic carbocycles. The van der Waals surface area contributed by atoms with Gasteiger partial charge in [0.25, 0.3) is 0 Å². The summed E-state index contributed by atoms with van der Waals surface area (Å²) in [6.07, 6.45) is 0.950. The average Bonchev–Trinajstić information content (AvgIpc) is 2.45. The molecule has 0 saturated carbocycles. The first kappa shape index (κ1) is 14.3. The highest BCUT2D eigenvalue weighted by molar-refractivity contribution is 7.86. The molecule has 0 atom stereocenters. The second-order valence-corrected chi connectivity index (χ2v) is 6.38. The Morgan fingerprint density at radius 1 is 1.00 bits per heavy atom. The van der Waals surface area contributed by atoms with Crippen LogP contribution in [0.15, 0.2) is 63.8 Å². The molecular formula is C16H12O5S. The summed E-state index contributed by atoms with van der Waals surface area (Å²) in [5, 5.41) is 0.680. The fourth-order valence-electron chi connectivity index (χ4n) is 2.14. The van der Waals surface area contributed by atoms with Gasteiger partial charge in [0.1, 0.15) is 11.3 Å². The van der Waals surface area contributed by atoms with E-state index in [1.54, 1.807) is 12.1 Å². The van der Waals surface area contributed by atoms with Gasteiger partial charge in [-0.25, -0.2) is 4.79 Å². The quantitative estimate of drug-likeness (QED) is 0.549. The van der Waals surface area contributed by atoms with E-state index in [0.717, 1.165) is 11.8 Å². The molecule has 6 heteroatoms. The molecule has 1 aromatic heterocycles. The maximum atomic E-state index is 12.1. The predicted molar refractivity (Wildman–Crippen MR) is 83.4 cm³/mol. The average molecular weight is 316 g/mol. The third kappa shape index (κ3) is 3.01. The zero-order valence-corrected chi connectivity index (χ0v) is 12.5. The molecule has 0 unspecified atom stereocenters. The Bertz CT molecular complexity index is 988. The van der Waals surface area contributed by atoms with Crippen LogP contribution in [0.1, 0.15) is 0 Å². The SMILES string of the molecule is CS(=O)(=O)Oc1ccc2cc(-c3ccccc3)c(=O)oc2c1. The van der Waals surface area contributed by atoms with E-state index < -0.39 is 15.7 Å². The highest BCUT2D eigenvalue weighted by Crippen LogP contribution is 2.24. The highest BCUT2D eigenvalue weighted by atomic mass is 32.2. The van der Waals surface area contributed by atoms with E-state index in [-0.39, 0.29) is 11.3 Å². The Labute approximate surface area is 126 Å². The molecule has 0 fully saturated rings. The van der Waals surface area contributed by atoms with Crippen LogP contribution in [-0.2, 0) is 10.1 Å². The van der Waals surface area contributed by atoms with Crippen LogP contribution in [0.2, 0.25) is 0 Å². The molecule has 22 heavy (non-hydrogen) atoms. The largest absolute Gasteiger partial charge is 0.422 e. The highest BCUT2D eigenvalue weighted by Gasteiger charge is 2.10. The number of benzene rings is 2. The van der Waals surface area contributed by atoms with E-state index in [1.165, 1.54) is 12.1 Å². The van der Waals surface area contributed by atoms with E-state index >= 15 is 0 Å². The van der Waals surface area contributed by atoms with Crippen LogP contribution in [-0.4, -0.2) is 14.7 Å². The molecule has 0 aliphatic carbocycles. The molecule has 0 aliphatic heterocycles. The molecule has 0 bridgehead atoms. The van der Waals surface area contributed by atoms with Crippen molar-refractivity contribution in [3.05, 3.63) is 65.0 Å². The van der Waals surface area contributed by atoms with Crippen LogP contribution in [0.25, 0.3) is 22.1 Å². The van der Waals surface area contributed by atoms with Gasteiger partial charge in [-0.2, -0.15) is 8.42 Å². The van der Waals surface area contributed by atoms with Gasteiger partial charge in [-0.3, -0.25) is 0 Å². The molecule has 3 rings (SSSR count). The van der Waals surface area contributed by atoms with Gasteiger partial charge in [0.05, 0.1) is 11.8 Å². The molecule has 0 spiro atoms. The van der Waals surface area contributed by atoms with Crippen molar-refractivity contribution in [1.82, 2.24) is 0 Å². The summed E-state index contributed by atoms with van der Waals surface area (Å²) in [7, 11) is -3.63. The van der Waals surface area contributed by atoms with Crippen LogP contribution < -0.4 is 9.81 Å². The molecule has 5 nitrogen and oxygen atoms in total. The normalized spacial score (nSPS) is 11.5. The standard InChI is InChI=1S/C16H12O5S/c1-22(18,19)21-13-8-7-12-9-14(11-5-3-2-4-6-11)16(17)20-15(12)10-13/h2-10H,1H3. The third-order valence-corrected chi connectivity index (χ3v) is 3.54. The summed E-state index contributed by atoms with van der Waals surface area (Å²) in [5.74, 6) is 0.102. The molecule has 112 valence electrons. The summed E-state index contributed by atoms with van der Waals surface area (Å²) >= 11 is 0. The van der Waals surface area contributed by atoms with Gasteiger partial charge in [-0.05, 0) is 23.8 Å². The van der Waals surface area contributed by atoms with Gasteiger partial charge in [-0.1, -0.05) is 30.3 Å². The summed E-state index contributed by atoms with van der Waals surface area (Å²) in [6, 6.07) is 15.4. The summed E-state index contributed by atoms with van der Waals surface area (Å²) in [4.78, 5) is 12.1. The molecule has 1 heterocycles. The minimum Gasteiger partial charge on any atom is -0.422 e. The minimum atomic E-state index is -3.63. The first-order valence-corrected chi connectivity index (χ1v) is 8.27. The lowest BCUT2D eigenvalue weighted by atomic mass is 10.1. The third-order valence-electron chi connectivity index (χ3n) is 3.04. The van der Waals surface area contributed by atoms with Crippen molar-refractivity contribution in [2.75, 3.05) is 6.26 Å². The van der Waals surface area contributed by atoms with Gasteiger partial charge in [0.2, 0.25) is 0 Å². The molecule has 0 N–H and O–H groups in total. The van der Waals surface area contributed by atoms with Crippen molar-refractivity contribution in [2.45, 2.75) is 0 Å². The van der Waals surface area contributed by atoms with Crippen molar-refractivity contribution >= 4 is 21.1 Å². The summed E-state index contributed by atoms with van der Waals surface area (Å²) < 4.78 is 32.3. The van der Waals surface area contributed by atoms with Gasteiger partial charge in [0.15, 0.2) is 0 Å². The number of rotatable bonds is 3. The first-order valence-electron chi connectivity index (χ1n) is 6.45. The van der Waals surface area contributed by atoms with Crippen LogP contribution in [0, 0.1) is 0 Å². The Hall–Kier alpha value is -2.60. The van der Waals surface area contributed by atoms with Gasteiger partial charge < -0.3 is 8.60 Å². The second kappa shape index (κ2) is 5.31. The van der Waals surface area contributed by atoms with Gasteiger partial charge in [-0.15, -0.1) is 0 Å². The van der Waals surface area contributed by atoms with Crippen molar-refractivity contribution in [3.63, 3.8) is 0 Å². The van der Waals surface area contributed by atoms with Gasteiger partial charge in [0, 0.05) is 11.5 Å². The Morgan fingerprint density at radius 2 is 1.73 bits per heavy atom. The zero-order valence-electron chi connectivity index (χ0n) is 11.6. The van der Waals surface area contributed by atoms with Crippen molar-refractivity contribution in [2.24, 2.45) is 0 Å². The molecule has 0 radical (unpaired) electrons. The Kier molecular flexibility index (Phi) is 3.46. The van der Waals surface area contributed by atoms with E-state index in [4.69, 9.17) is 8.60 Å². The molecular weight excluding hydrogens is 304 g/mol. The monoisotopic (exact) mass is 316 g/mol. The van der Waals surface area contributed by atoms with Crippen LogP contribution >= 0.6 is 0 Å². The fraction of sp³-hybridized carbons (Fsp3) is 0.0625. The topological polar surface area (TPSA) is 73.6 Å². The maximum absolute atomic E-state index is 12.1. The predicted octanol–water partition coefficient (Wildman–Crippen LogP) is 2.80. The lowest BCUT2D eigenvalue weighted by Gasteiger charge is -2.05. The van der Waals surface area contributed by atoms with E-state index in [9.17, 15) is 13.2 Å². The number of fused-ring (bicyclic) bond motifs is 1. The van der Waals surface area contributed by atoms with E-state index in [2.05, 4.69) is 0 Å². The zero-order chi connectivity index (χ0) is 15.7. The lowest BCUT2D eigenvalue weighted by molar-refractivity contribution is 0.492. The van der Waals surface area contributed by atoms with Crippen molar-refractivity contribution < 1.29 is 17.0 Å². The second-order valence-electron chi connectivity index (χ2n) is 4.80. The van der Waals surface area contributed by atoms with Crippen LogP contribution in [0.5, 0.6) is 5.75 Å². The molecule has 0 aliphatic rings. The fourth-order valence-corrected chi connectivity index (χ4v) is 2.59. The smallest absolute Gasteiger partial charge is 0.344 e. The maximum Gasteiger partial charge on any atom is 0.344 e. The molecule has 0 amide bonds. The number of hydrogen-bond acceptors (Lipinski definition) is 5. The van der Waals surface area contributed by atoms with E-state index in [1.807, 2.05) is 30.3 Å². The molecule has 3 aromatic rings. The van der Waals surface area contributed by atoms with Crippen molar-refractivity contribution in [1.29, 1.82) is 0 Å². The summed E-state index contributed by atoms with van der Waals surface area (Å²) in [5.41, 5.74) is 0.987. The first-order chi connectivity index (χ1) is 10.4. The lowest BCUT2D eigenvalue weighted by Crippen LogP contribution is -2.06. The number of hydrogen-bond donors (Lipinski definition) is 0. The Morgan fingerprint density at radius 3 is 2.41 bits per heavy atom. The van der Waals surface area contributed by atoms with Gasteiger partial charge >= 0.3 is 15.7 Å². The minimum absolute atomic E-state index is 0.102. The Balaban J connectivity index is 2.12. The van der Waals surface area contributed by atoms with E-state index in [0.29, 0.717) is 10.9 Å². The summed E-state index contributed by atoms with van der Waals surface area (Å²) in [6.45, 7) is 0. The van der Waals surface area contributed by atoms with Crippen LogP contribution in [0.3, 0.4) is 0 Å².